The molecule has 1 aromatic carbocycles. The van der Waals surface area contributed by atoms with Gasteiger partial charge in [-0.05, 0) is 25.5 Å². The number of carbonyl (C=O) groups is 1. The molecule has 1 aliphatic heterocycles. The van der Waals surface area contributed by atoms with Crippen LogP contribution in [0.25, 0.3) is 0 Å². The molecule has 1 heterocycles. The van der Waals surface area contributed by atoms with E-state index in [0.717, 1.165) is 5.56 Å². The molecule has 0 radical (unpaired) electrons. The van der Waals surface area contributed by atoms with Gasteiger partial charge in [-0.2, -0.15) is 0 Å². The minimum atomic E-state index is -1.15. The normalized spacial score (nSPS) is 24.7. The molecule has 2 unspecified atom stereocenters. The van der Waals surface area contributed by atoms with E-state index in [2.05, 4.69) is 4.90 Å². The van der Waals surface area contributed by atoms with Crippen molar-refractivity contribution in [3.63, 3.8) is 0 Å². The molecule has 2 atom stereocenters. The van der Waals surface area contributed by atoms with Crippen LogP contribution in [0.1, 0.15) is 18.9 Å². The van der Waals surface area contributed by atoms with Crippen LogP contribution in [-0.2, 0) is 11.3 Å². The van der Waals surface area contributed by atoms with Gasteiger partial charge >= 0.3 is 18.9 Å². The number of likely N-dealkylation sites (tertiary alicyclic amines) is 1. The molecule has 19 heavy (non-hydrogen) atoms. The Morgan fingerprint density at radius 2 is 2.11 bits per heavy atom. The summed E-state index contributed by atoms with van der Waals surface area (Å²) in [4.78, 5) is 13.3. The maximum Gasteiger partial charge on any atom is 1.00 e. The molecule has 0 aliphatic carbocycles. The molecule has 1 N–H and O–H groups in total. The van der Waals surface area contributed by atoms with Gasteiger partial charge < -0.3 is 15.0 Å². The largest absolute Gasteiger partial charge is 1.00 e. The Balaban J connectivity index is 0.00000180. The van der Waals surface area contributed by atoms with E-state index in [1.54, 1.807) is 0 Å². The van der Waals surface area contributed by atoms with E-state index in [1.807, 2.05) is 30.3 Å². The zero-order chi connectivity index (χ0) is 13.2. The van der Waals surface area contributed by atoms with E-state index in [1.165, 1.54) is 6.92 Å². The van der Waals surface area contributed by atoms with E-state index >= 15 is 0 Å². The van der Waals surface area contributed by atoms with Crippen LogP contribution >= 0.6 is 0 Å². The van der Waals surface area contributed by atoms with Gasteiger partial charge in [0.05, 0.1) is 12.1 Å². The molecule has 1 aromatic rings. The molecule has 1 fully saturated rings. The summed E-state index contributed by atoms with van der Waals surface area (Å²) in [5, 5.41) is 21.0. The zero-order valence-corrected chi connectivity index (χ0v) is 11.5. The zero-order valence-electron chi connectivity index (χ0n) is 11.5. The molecule has 2 rings (SSSR count). The molecule has 4 nitrogen and oxygen atoms in total. The van der Waals surface area contributed by atoms with Gasteiger partial charge in [-0.1, -0.05) is 30.3 Å². The minimum Gasteiger partial charge on any atom is -0.549 e. The Morgan fingerprint density at radius 1 is 1.47 bits per heavy atom. The molecule has 0 spiro atoms. The third-order valence-electron chi connectivity index (χ3n) is 3.84. The first-order valence-corrected chi connectivity index (χ1v) is 6.20. The summed E-state index contributed by atoms with van der Waals surface area (Å²) in [5.74, 6) is -1.15. The minimum absolute atomic E-state index is 0. The summed E-state index contributed by atoms with van der Waals surface area (Å²) in [6.45, 7) is 3.26. The summed E-state index contributed by atoms with van der Waals surface area (Å²) < 4.78 is 0. The fraction of sp³-hybridized carbons (Fsp3) is 0.500. The van der Waals surface area contributed by atoms with Gasteiger partial charge in [-0.25, -0.2) is 0 Å². The quantitative estimate of drug-likeness (QED) is 0.583. The second-order valence-corrected chi connectivity index (χ2v) is 5.07. The van der Waals surface area contributed by atoms with Gasteiger partial charge in [-0.15, -0.1) is 0 Å². The molecule has 5 heteroatoms. The van der Waals surface area contributed by atoms with E-state index in [9.17, 15) is 15.0 Å². The van der Waals surface area contributed by atoms with Gasteiger partial charge in [-0.3, -0.25) is 4.90 Å². The van der Waals surface area contributed by atoms with Gasteiger partial charge in [0.15, 0.2) is 0 Å². The predicted molar refractivity (Wildman–Crippen MR) is 65.5 cm³/mol. The van der Waals surface area contributed by atoms with E-state index < -0.39 is 17.5 Å². The SMILES string of the molecule is CC(O)C1(C(=O)[O-])CCN(Cc2ccccc2)C1.[Li+]. The summed E-state index contributed by atoms with van der Waals surface area (Å²) in [6.07, 6.45) is -0.442. The van der Waals surface area contributed by atoms with Crippen LogP contribution in [0, 0.1) is 5.41 Å². The number of aliphatic carboxylic acids is 1. The molecular formula is C14H18LiNO3. The van der Waals surface area contributed by atoms with Crippen molar-refractivity contribution in [2.45, 2.75) is 26.0 Å². The third kappa shape index (κ3) is 3.40. The summed E-state index contributed by atoms with van der Waals surface area (Å²) in [6, 6.07) is 9.91. The standard InChI is InChI=1S/C14H19NO3.Li/c1-11(16)14(13(17)18)7-8-15(10-14)9-12-5-3-2-4-6-12;/h2-6,11,16H,7-10H2,1H3,(H,17,18);/q;+1/p-1. The first-order valence-electron chi connectivity index (χ1n) is 6.20. The molecule has 1 saturated heterocycles. The molecule has 0 saturated carbocycles. The average Bonchev–Trinajstić information content (AvgIpc) is 2.76. The fourth-order valence-electron chi connectivity index (χ4n) is 2.57. The van der Waals surface area contributed by atoms with E-state index in [4.69, 9.17) is 0 Å². The third-order valence-corrected chi connectivity index (χ3v) is 3.84. The number of rotatable bonds is 4. The van der Waals surface area contributed by atoms with Gasteiger partial charge in [0.1, 0.15) is 0 Å². The summed E-state index contributed by atoms with van der Waals surface area (Å²) >= 11 is 0. The van der Waals surface area contributed by atoms with Gasteiger partial charge in [0.25, 0.3) is 0 Å². The Bertz CT molecular complexity index is 424. The first kappa shape index (κ1) is 16.3. The van der Waals surface area contributed by atoms with Crippen LogP contribution in [-0.4, -0.2) is 35.2 Å². The first-order chi connectivity index (χ1) is 8.54. The number of aliphatic hydroxyl groups excluding tert-OH is 1. The van der Waals surface area contributed by atoms with Crippen LogP contribution < -0.4 is 24.0 Å². The van der Waals surface area contributed by atoms with Crippen molar-refractivity contribution in [2.75, 3.05) is 13.1 Å². The topological polar surface area (TPSA) is 63.6 Å². The Morgan fingerprint density at radius 3 is 2.58 bits per heavy atom. The second kappa shape index (κ2) is 6.58. The molecule has 98 valence electrons. The number of carboxylic acids is 1. The van der Waals surface area contributed by atoms with Crippen molar-refractivity contribution in [3.05, 3.63) is 35.9 Å². The molecule has 0 bridgehead atoms. The molecule has 0 amide bonds. The number of nitrogens with zero attached hydrogens (tertiary/aromatic N) is 1. The number of hydrogen-bond donors (Lipinski definition) is 1. The fourth-order valence-corrected chi connectivity index (χ4v) is 2.57. The van der Waals surface area contributed by atoms with E-state index in [0.29, 0.717) is 26.1 Å². The van der Waals surface area contributed by atoms with Crippen molar-refractivity contribution in [2.24, 2.45) is 5.41 Å². The molecule has 0 aromatic heterocycles. The van der Waals surface area contributed by atoms with E-state index in [-0.39, 0.29) is 18.9 Å². The van der Waals surface area contributed by atoms with Crippen LogP contribution in [0.15, 0.2) is 30.3 Å². The Labute approximate surface area is 125 Å². The van der Waals surface area contributed by atoms with Crippen molar-refractivity contribution in [1.82, 2.24) is 4.90 Å². The van der Waals surface area contributed by atoms with Crippen LogP contribution in [0.2, 0.25) is 0 Å². The molecule has 1 aliphatic rings. The van der Waals surface area contributed by atoms with Gasteiger partial charge in [0, 0.05) is 18.5 Å². The number of aliphatic hydroxyl groups is 1. The summed E-state index contributed by atoms with van der Waals surface area (Å²) in [7, 11) is 0. The summed E-state index contributed by atoms with van der Waals surface area (Å²) in [5.41, 5.74) is 0.0339. The van der Waals surface area contributed by atoms with Crippen molar-refractivity contribution in [1.29, 1.82) is 0 Å². The Kier molecular flexibility index (Phi) is 5.63. The monoisotopic (exact) mass is 255 g/mol. The van der Waals surface area contributed by atoms with Crippen molar-refractivity contribution < 1.29 is 33.9 Å². The predicted octanol–water partition coefficient (Wildman–Crippen LogP) is -2.99. The van der Waals surface area contributed by atoms with Crippen molar-refractivity contribution >= 4 is 5.97 Å². The number of benzene rings is 1. The number of carbonyl (C=O) groups excluding carboxylic acids is 1. The second-order valence-electron chi connectivity index (χ2n) is 5.07. The van der Waals surface area contributed by atoms with Crippen LogP contribution in [0.4, 0.5) is 0 Å². The number of carboxylic acid groups (broad SMARTS) is 1. The van der Waals surface area contributed by atoms with Crippen LogP contribution in [0.3, 0.4) is 0 Å². The molecular weight excluding hydrogens is 237 g/mol. The number of hydrogen-bond acceptors (Lipinski definition) is 4. The van der Waals surface area contributed by atoms with Gasteiger partial charge in [0.2, 0.25) is 0 Å². The maximum absolute atomic E-state index is 11.3. The smallest absolute Gasteiger partial charge is 0.549 e. The average molecular weight is 255 g/mol. The Hall–Kier alpha value is -0.793. The van der Waals surface area contributed by atoms with Crippen LogP contribution in [0.5, 0.6) is 0 Å². The maximum atomic E-state index is 11.3. The van der Waals surface area contributed by atoms with Crippen molar-refractivity contribution in [3.8, 4) is 0 Å².